The van der Waals surface area contributed by atoms with Crippen LogP contribution >= 0.6 is 0 Å². The number of ether oxygens (including phenoxy) is 6. The molecule has 9 unspecified atom stereocenters. The monoisotopic (exact) mass is 1140 g/mol. The maximum absolute atomic E-state index is 13.2. The Morgan fingerprint density at radius 2 is 0.613 bits per heavy atom. The van der Waals surface area contributed by atoms with Gasteiger partial charge in [-0.2, -0.15) is 0 Å². The highest BCUT2D eigenvalue weighted by Gasteiger charge is 2.60. The van der Waals surface area contributed by atoms with Gasteiger partial charge in [-0.1, -0.05) is 290 Å². The zero-order chi connectivity index (χ0) is 58.2. The molecule has 14 heteroatoms. The number of hydrogen-bond donors (Lipinski definition) is 5. The molecule has 0 aliphatic carbocycles. The van der Waals surface area contributed by atoms with Crippen molar-refractivity contribution in [3.63, 3.8) is 0 Å². The van der Waals surface area contributed by atoms with Gasteiger partial charge in [0.15, 0.2) is 6.29 Å². The maximum atomic E-state index is 13.2. The minimum absolute atomic E-state index is 0.0909. The van der Waals surface area contributed by atoms with Crippen LogP contribution in [0.5, 0.6) is 0 Å². The number of rotatable bonds is 56. The van der Waals surface area contributed by atoms with Gasteiger partial charge in [0.1, 0.15) is 62.5 Å². The molecule has 2 aliphatic heterocycles. The molecule has 0 saturated carbocycles. The number of aliphatic hydroxyl groups excluding tert-OH is 5. The van der Waals surface area contributed by atoms with E-state index < -0.39 is 92.5 Å². The quantitative estimate of drug-likeness (QED) is 0.0218. The topological polar surface area (TPSA) is 208 Å². The van der Waals surface area contributed by atoms with Gasteiger partial charge in [0.05, 0.1) is 0 Å². The summed E-state index contributed by atoms with van der Waals surface area (Å²) in [6.07, 6.45) is 40.8. The van der Waals surface area contributed by atoms with Crippen LogP contribution in [0.1, 0.15) is 329 Å². The summed E-state index contributed by atoms with van der Waals surface area (Å²) in [5, 5.41) is 55.9. The average Bonchev–Trinajstić information content (AvgIpc) is 3.73. The molecular formula is C66H124O14. The number of carbonyl (C=O) groups is 3. The van der Waals surface area contributed by atoms with Crippen molar-refractivity contribution in [1.29, 1.82) is 0 Å². The lowest BCUT2D eigenvalue weighted by Gasteiger charge is -2.43. The molecule has 14 nitrogen and oxygen atoms in total. The predicted octanol–water partition coefficient (Wildman–Crippen LogP) is 15.0. The van der Waals surface area contributed by atoms with E-state index in [1.54, 1.807) is 0 Å². The van der Waals surface area contributed by atoms with Gasteiger partial charge in [-0.05, 0) is 19.3 Å². The molecule has 2 aliphatic rings. The van der Waals surface area contributed by atoms with Gasteiger partial charge < -0.3 is 54.0 Å². The summed E-state index contributed by atoms with van der Waals surface area (Å²) in [7, 11) is 0. The van der Waals surface area contributed by atoms with E-state index in [4.69, 9.17) is 28.4 Å². The zero-order valence-corrected chi connectivity index (χ0v) is 51.6. The van der Waals surface area contributed by atoms with Crippen molar-refractivity contribution in [2.24, 2.45) is 0 Å². The molecule has 0 bridgehead atoms. The smallest absolute Gasteiger partial charge is 0.305 e. The van der Waals surface area contributed by atoms with E-state index >= 15 is 0 Å². The van der Waals surface area contributed by atoms with Crippen LogP contribution in [-0.2, 0) is 42.8 Å². The molecule has 0 spiro atoms. The third-order valence-electron chi connectivity index (χ3n) is 16.7. The Hall–Kier alpha value is -1.91. The minimum Gasteiger partial charge on any atom is -0.463 e. The van der Waals surface area contributed by atoms with E-state index in [0.717, 1.165) is 64.2 Å². The molecule has 0 radical (unpaired) electrons. The van der Waals surface area contributed by atoms with Gasteiger partial charge in [0.2, 0.25) is 5.79 Å². The molecule has 2 rings (SSSR count). The van der Waals surface area contributed by atoms with Crippen molar-refractivity contribution in [3.05, 3.63) is 0 Å². The van der Waals surface area contributed by atoms with Gasteiger partial charge in [-0.15, -0.1) is 0 Å². The lowest BCUT2D eigenvalue weighted by atomic mass is 9.99. The molecule has 0 aromatic rings. The molecule has 0 aromatic carbocycles. The van der Waals surface area contributed by atoms with Crippen LogP contribution in [0.15, 0.2) is 0 Å². The highest BCUT2D eigenvalue weighted by atomic mass is 16.8. The summed E-state index contributed by atoms with van der Waals surface area (Å²) in [5.41, 5.74) is 0. The highest BCUT2D eigenvalue weighted by Crippen LogP contribution is 2.37. The Labute approximate surface area is 488 Å². The number of aliphatic hydroxyl groups is 5. The fraction of sp³-hybridized carbons (Fsp3) is 0.955. The minimum atomic E-state index is -2.35. The van der Waals surface area contributed by atoms with E-state index in [0.29, 0.717) is 19.3 Å². The Bertz CT molecular complexity index is 1450. The normalized spacial score (nSPS) is 22.9. The second-order valence-electron chi connectivity index (χ2n) is 24.2. The van der Waals surface area contributed by atoms with Crippen LogP contribution < -0.4 is 0 Å². The molecule has 80 heavy (non-hydrogen) atoms. The molecule has 2 saturated heterocycles. The lowest BCUT2D eigenvalue weighted by molar-refractivity contribution is -0.383. The summed E-state index contributed by atoms with van der Waals surface area (Å²) in [6, 6.07) is 0. The third-order valence-corrected chi connectivity index (χ3v) is 16.7. The first-order valence-electron chi connectivity index (χ1n) is 33.9. The average molecular weight is 1140 g/mol. The van der Waals surface area contributed by atoms with Gasteiger partial charge in [0, 0.05) is 19.3 Å². The standard InChI is InChI=1S/C66H124O14/c1-4-7-10-13-16-19-22-25-28-31-34-37-40-43-46-49-57(67)75-52-55-60(70)62(72)63(73)65(78-55)80-66(54-77-59(69)51-48-45-42-39-36-33-30-27-24-21-18-15-12-9-6-3)64(74)61(71)56(79-66)53-76-58(68)50-47-44-41-38-35-32-29-26-23-20-17-14-11-8-5-2/h55-56,60-65,70-74H,4-54H2,1-3H3. The van der Waals surface area contributed by atoms with Gasteiger partial charge in [-0.25, -0.2) is 0 Å². The predicted molar refractivity (Wildman–Crippen MR) is 319 cm³/mol. The number of unbranched alkanes of at least 4 members (excludes halogenated alkanes) is 42. The summed E-state index contributed by atoms with van der Waals surface area (Å²) in [6.45, 7) is 5.10. The van der Waals surface area contributed by atoms with Crippen LogP contribution in [-0.4, -0.2) is 118 Å². The molecule has 2 heterocycles. The summed E-state index contributed by atoms with van der Waals surface area (Å²) >= 11 is 0. The first-order valence-corrected chi connectivity index (χ1v) is 33.9. The second kappa shape index (κ2) is 50.4. The van der Waals surface area contributed by atoms with E-state index in [9.17, 15) is 39.9 Å². The van der Waals surface area contributed by atoms with Crippen LogP contribution in [0.4, 0.5) is 0 Å². The fourth-order valence-electron chi connectivity index (χ4n) is 11.3. The fourth-order valence-corrected chi connectivity index (χ4v) is 11.3. The van der Waals surface area contributed by atoms with E-state index in [2.05, 4.69) is 20.8 Å². The molecule has 0 aromatic heterocycles. The van der Waals surface area contributed by atoms with Crippen LogP contribution in [0, 0.1) is 0 Å². The van der Waals surface area contributed by atoms with E-state index in [-0.39, 0.29) is 19.3 Å². The van der Waals surface area contributed by atoms with Crippen LogP contribution in [0.2, 0.25) is 0 Å². The molecular weight excluding hydrogens is 1020 g/mol. The van der Waals surface area contributed by atoms with Crippen LogP contribution in [0.3, 0.4) is 0 Å². The Morgan fingerprint density at radius 3 is 0.925 bits per heavy atom. The van der Waals surface area contributed by atoms with Crippen molar-refractivity contribution in [3.8, 4) is 0 Å². The summed E-state index contributed by atoms with van der Waals surface area (Å²) < 4.78 is 34.7. The van der Waals surface area contributed by atoms with Gasteiger partial charge >= 0.3 is 17.9 Å². The van der Waals surface area contributed by atoms with Crippen molar-refractivity contribution in [1.82, 2.24) is 0 Å². The summed E-state index contributed by atoms with van der Waals surface area (Å²) in [5.74, 6) is -3.93. The van der Waals surface area contributed by atoms with Crippen molar-refractivity contribution < 1.29 is 68.3 Å². The van der Waals surface area contributed by atoms with E-state index in [1.165, 1.54) is 205 Å². The molecule has 0 amide bonds. The molecule has 5 N–H and O–H groups in total. The number of esters is 3. The number of carbonyl (C=O) groups excluding carboxylic acids is 3. The highest BCUT2D eigenvalue weighted by molar-refractivity contribution is 5.70. The Morgan fingerprint density at radius 1 is 0.338 bits per heavy atom. The lowest BCUT2D eigenvalue weighted by Crippen LogP contribution is -2.63. The van der Waals surface area contributed by atoms with Gasteiger partial charge in [-0.3, -0.25) is 14.4 Å². The third kappa shape index (κ3) is 36.1. The first-order chi connectivity index (χ1) is 39.0. The largest absolute Gasteiger partial charge is 0.463 e. The molecule has 472 valence electrons. The van der Waals surface area contributed by atoms with Crippen molar-refractivity contribution in [2.75, 3.05) is 19.8 Å². The van der Waals surface area contributed by atoms with Crippen LogP contribution in [0.25, 0.3) is 0 Å². The first kappa shape index (κ1) is 74.2. The SMILES string of the molecule is CCCCCCCCCCCCCCCCCC(=O)OCC1OC(OC2(COC(=O)CCCCCCCCCCCCCCCCC)OC(COC(=O)CCCCCCCCCCCCCCCCC)C(O)C2O)C(O)C(O)C1O. The molecule has 2 fully saturated rings. The zero-order valence-electron chi connectivity index (χ0n) is 51.6. The van der Waals surface area contributed by atoms with Gasteiger partial charge in [0.25, 0.3) is 0 Å². The van der Waals surface area contributed by atoms with Crippen molar-refractivity contribution in [2.45, 2.75) is 384 Å². The maximum Gasteiger partial charge on any atom is 0.305 e. The molecule has 9 atom stereocenters. The van der Waals surface area contributed by atoms with Crippen molar-refractivity contribution >= 4 is 17.9 Å². The summed E-state index contributed by atoms with van der Waals surface area (Å²) in [4.78, 5) is 38.8. The van der Waals surface area contributed by atoms with E-state index in [1.807, 2.05) is 0 Å². The number of hydrogen-bond acceptors (Lipinski definition) is 14. The Kier molecular flexibility index (Phi) is 46.8. The Balaban J connectivity index is 1.87. The second-order valence-corrected chi connectivity index (χ2v) is 24.2.